The number of carbonyl (C=O) groups is 1. The van der Waals surface area contributed by atoms with E-state index >= 15 is 0 Å². The second kappa shape index (κ2) is 6.48. The molecule has 2 aromatic rings. The van der Waals surface area contributed by atoms with E-state index in [-0.39, 0.29) is 12.1 Å². The topological polar surface area (TPSA) is 41.6 Å². The summed E-state index contributed by atoms with van der Waals surface area (Å²) in [6.45, 7) is 3.35. The first-order chi connectivity index (χ1) is 11.7. The summed E-state index contributed by atoms with van der Waals surface area (Å²) in [5.74, 6) is 0.981. The molecular weight excluding hydrogens is 320 g/mol. The molecular formula is C19H22N2O2S. The van der Waals surface area contributed by atoms with Gasteiger partial charge in [0.1, 0.15) is 11.9 Å². The van der Waals surface area contributed by atoms with Gasteiger partial charge in [-0.1, -0.05) is 12.1 Å². The number of thiophene rings is 1. The predicted octanol–water partition coefficient (Wildman–Crippen LogP) is 3.95. The van der Waals surface area contributed by atoms with Crippen molar-refractivity contribution in [2.24, 2.45) is 0 Å². The number of benzene rings is 1. The lowest BCUT2D eigenvalue weighted by atomic mass is 10.1. The maximum atomic E-state index is 12.6. The van der Waals surface area contributed by atoms with Crippen molar-refractivity contribution in [3.05, 3.63) is 51.7 Å². The molecule has 1 aromatic heterocycles. The highest BCUT2D eigenvalue weighted by Gasteiger charge is 2.32. The molecule has 1 N–H and O–H groups in total. The zero-order valence-electron chi connectivity index (χ0n) is 13.8. The summed E-state index contributed by atoms with van der Waals surface area (Å²) in [7, 11) is 0. The number of ether oxygens (including phenoxy) is 1. The van der Waals surface area contributed by atoms with Gasteiger partial charge >= 0.3 is 6.03 Å². The van der Waals surface area contributed by atoms with Crippen molar-refractivity contribution in [2.45, 2.75) is 51.4 Å². The molecule has 4 nitrogen and oxygen atoms in total. The summed E-state index contributed by atoms with van der Waals surface area (Å²) in [6, 6.07) is 8.74. The van der Waals surface area contributed by atoms with Crippen LogP contribution in [0, 0.1) is 0 Å². The monoisotopic (exact) mass is 342 g/mol. The van der Waals surface area contributed by atoms with Crippen molar-refractivity contribution in [1.82, 2.24) is 10.2 Å². The summed E-state index contributed by atoms with van der Waals surface area (Å²) in [5, 5.41) is 7.26. The summed E-state index contributed by atoms with van der Waals surface area (Å²) < 4.78 is 5.73. The van der Waals surface area contributed by atoms with Crippen LogP contribution < -0.4 is 10.1 Å². The Labute approximate surface area is 146 Å². The molecule has 2 aliphatic rings. The van der Waals surface area contributed by atoms with Gasteiger partial charge in [0.05, 0.1) is 0 Å². The predicted molar refractivity (Wildman–Crippen MR) is 95.4 cm³/mol. The number of hydrogen-bond acceptors (Lipinski definition) is 3. The van der Waals surface area contributed by atoms with Gasteiger partial charge in [0.25, 0.3) is 0 Å². The van der Waals surface area contributed by atoms with Crippen LogP contribution in [0.25, 0.3) is 0 Å². The standard InChI is InChI=1S/C19H22N2O2S/c1-13-8-16-9-14(2-5-18(16)23-13)10-20-19(22)21(17-3-4-17)11-15-6-7-24-12-15/h2,5-7,9,12-13,17H,3-4,8,10-11H2,1H3,(H,20,22)/t13-/m0/s1. The van der Waals surface area contributed by atoms with E-state index in [1.165, 1.54) is 11.1 Å². The van der Waals surface area contributed by atoms with Crippen LogP contribution in [0.15, 0.2) is 35.0 Å². The number of rotatable bonds is 5. The molecule has 1 saturated carbocycles. The SMILES string of the molecule is C[C@H]1Cc2cc(CNC(=O)N(Cc3ccsc3)C3CC3)ccc2O1. The number of urea groups is 1. The quantitative estimate of drug-likeness (QED) is 0.894. The van der Waals surface area contributed by atoms with E-state index < -0.39 is 0 Å². The molecule has 5 heteroatoms. The van der Waals surface area contributed by atoms with Gasteiger partial charge in [0.2, 0.25) is 0 Å². The molecule has 0 unspecified atom stereocenters. The summed E-state index contributed by atoms with van der Waals surface area (Å²) in [4.78, 5) is 14.6. The van der Waals surface area contributed by atoms with E-state index in [2.05, 4.69) is 35.1 Å². The molecule has 4 rings (SSSR count). The zero-order chi connectivity index (χ0) is 16.5. The Hall–Kier alpha value is -2.01. The highest BCUT2D eigenvalue weighted by Crippen LogP contribution is 2.30. The Balaban J connectivity index is 1.38. The normalized spacial score (nSPS) is 18.8. The van der Waals surface area contributed by atoms with Crippen molar-refractivity contribution in [3.8, 4) is 5.75 Å². The summed E-state index contributed by atoms with van der Waals surface area (Å²) in [5.41, 5.74) is 3.59. The molecule has 0 radical (unpaired) electrons. The number of nitrogens with zero attached hydrogens (tertiary/aromatic N) is 1. The fourth-order valence-electron chi connectivity index (χ4n) is 3.20. The average molecular weight is 342 g/mol. The molecule has 1 aliphatic carbocycles. The van der Waals surface area contributed by atoms with Crippen molar-refractivity contribution >= 4 is 17.4 Å². The maximum absolute atomic E-state index is 12.6. The molecule has 2 heterocycles. The molecule has 0 saturated heterocycles. The van der Waals surface area contributed by atoms with E-state index in [0.29, 0.717) is 19.1 Å². The van der Waals surface area contributed by atoms with Gasteiger partial charge in [0.15, 0.2) is 0 Å². The third-order valence-electron chi connectivity index (χ3n) is 4.59. The van der Waals surface area contributed by atoms with Gasteiger partial charge in [-0.15, -0.1) is 0 Å². The van der Waals surface area contributed by atoms with Gasteiger partial charge < -0.3 is 15.0 Å². The molecule has 0 bridgehead atoms. The first-order valence-electron chi connectivity index (χ1n) is 8.53. The third kappa shape index (κ3) is 3.41. The van der Waals surface area contributed by atoms with Crippen molar-refractivity contribution in [1.29, 1.82) is 0 Å². The zero-order valence-corrected chi connectivity index (χ0v) is 14.6. The van der Waals surface area contributed by atoms with Gasteiger partial charge in [-0.05, 0) is 59.3 Å². The molecule has 1 atom stereocenters. The summed E-state index contributed by atoms with van der Waals surface area (Å²) in [6.07, 6.45) is 3.43. The Morgan fingerprint density at radius 3 is 2.96 bits per heavy atom. The van der Waals surface area contributed by atoms with Crippen molar-refractivity contribution in [3.63, 3.8) is 0 Å². The molecule has 0 spiro atoms. The fourth-order valence-corrected chi connectivity index (χ4v) is 3.86. The number of amides is 2. The van der Waals surface area contributed by atoms with E-state index in [4.69, 9.17) is 4.74 Å². The van der Waals surface area contributed by atoms with Crippen molar-refractivity contribution < 1.29 is 9.53 Å². The van der Waals surface area contributed by atoms with Crippen LogP contribution in [0.1, 0.15) is 36.5 Å². The van der Waals surface area contributed by atoms with Gasteiger partial charge in [-0.3, -0.25) is 0 Å². The van der Waals surface area contributed by atoms with Crippen LogP contribution in [-0.4, -0.2) is 23.1 Å². The molecule has 1 fully saturated rings. The van der Waals surface area contributed by atoms with E-state index in [1.807, 2.05) is 17.0 Å². The molecule has 126 valence electrons. The molecule has 24 heavy (non-hydrogen) atoms. The number of fused-ring (bicyclic) bond motifs is 1. The average Bonchev–Trinajstić information content (AvgIpc) is 3.14. The second-order valence-electron chi connectivity index (χ2n) is 6.72. The fraction of sp³-hybridized carbons (Fsp3) is 0.421. The van der Waals surface area contributed by atoms with Crippen LogP contribution in [0.4, 0.5) is 4.79 Å². The lowest BCUT2D eigenvalue weighted by Crippen LogP contribution is -2.40. The Morgan fingerprint density at radius 1 is 1.33 bits per heavy atom. The highest BCUT2D eigenvalue weighted by molar-refractivity contribution is 7.07. The summed E-state index contributed by atoms with van der Waals surface area (Å²) >= 11 is 1.68. The van der Waals surface area contributed by atoms with Crippen LogP contribution in [0.2, 0.25) is 0 Å². The Bertz CT molecular complexity index is 725. The lowest BCUT2D eigenvalue weighted by Gasteiger charge is -2.22. The minimum atomic E-state index is 0.0359. The Morgan fingerprint density at radius 2 is 2.21 bits per heavy atom. The first kappa shape index (κ1) is 15.5. The van der Waals surface area contributed by atoms with E-state index in [1.54, 1.807) is 11.3 Å². The first-order valence-corrected chi connectivity index (χ1v) is 9.47. The second-order valence-corrected chi connectivity index (χ2v) is 7.50. The van der Waals surface area contributed by atoms with Crippen LogP contribution >= 0.6 is 11.3 Å². The molecule has 1 aromatic carbocycles. The smallest absolute Gasteiger partial charge is 0.318 e. The number of carbonyl (C=O) groups excluding carboxylic acids is 1. The van der Waals surface area contributed by atoms with Crippen LogP contribution in [-0.2, 0) is 19.5 Å². The maximum Gasteiger partial charge on any atom is 0.318 e. The largest absolute Gasteiger partial charge is 0.490 e. The minimum Gasteiger partial charge on any atom is -0.490 e. The molecule has 1 aliphatic heterocycles. The minimum absolute atomic E-state index is 0.0359. The number of nitrogens with one attached hydrogen (secondary N) is 1. The van der Waals surface area contributed by atoms with Gasteiger partial charge in [0, 0.05) is 25.6 Å². The van der Waals surface area contributed by atoms with Gasteiger partial charge in [-0.25, -0.2) is 4.79 Å². The van der Waals surface area contributed by atoms with Crippen LogP contribution in [0.5, 0.6) is 5.75 Å². The number of hydrogen-bond donors (Lipinski definition) is 1. The lowest BCUT2D eigenvalue weighted by molar-refractivity contribution is 0.191. The molecule has 2 amide bonds. The Kier molecular flexibility index (Phi) is 4.19. The van der Waals surface area contributed by atoms with Crippen LogP contribution in [0.3, 0.4) is 0 Å². The van der Waals surface area contributed by atoms with Crippen molar-refractivity contribution in [2.75, 3.05) is 0 Å². The van der Waals surface area contributed by atoms with E-state index in [0.717, 1.165) is 30.6 Å². The van der Waals surface area contributed by atoms with Gasteiger partial charge in [-0.2, -0.15) is 11.3 Å². The third-order valence-corrected chi connectivity index (χ3v) is 5.32. The van der Waals surface area contributed by atoms with E-state index in [9.17, 15) is 4.79 Å². The highest BCUT2D eigenvalue weighted by atomic mass is 32.1.